The van der Waals surface area contributed by atoms with E-state index in [0.29, 0.717) is 5.56 Å². The number of aromatic nitrogens is 1. The van der Waals surface area contributed by atoms with Gasteiger partial charge in [0.2, 0.25) is 12.0 Å². The van der Waals surface area contributed by atoms with E-state index in [1.807, 2.05) is 0 Å². The molecule has 3 rings (SSSR count). The molecule has 1 aliphatic rings. The number of carbonyl (C=O) groups excluding carboxylic acids is 2. The number of halogens is 3. The fraction of sp³-hybridized carbons (Fsp3) is 0.316. The Labute approximate surface area is 158 Å². The summed E-state index contributed by atoms with van der Waals surface area (Å²) in [6.07, 6.45) is -2.84. The molecule has 1 saturated carbocycles. The first kappa shape index (κ1) is 19.7. The smallest absolute Gasteiger partial charge is 0.422 e. The maximum Gasteiger partial charge on any atom is 0.422 e. The molecule has 1 atom stereocenters. The van der Waals surface area contributed by atoms with E-state index in [2.05, 4.69) is 15.0 Å². The topological polar surface area (TPSA) is 77.5 Å². The van der Waals surface area contributed by atoms with E-state index in [1.54, 1.807) is 30.3 Å². The molecule has 28 heavy (non-hydrogen) atoms. The third-order valence-electron chi connectivity index (χ3n) is 3.84. The van der Waals surface area contributed by atoms with Gasteiger partial charge >= 0.3 is 12.1 Å². The molecule has 6 nitrogen and oxygen atoms in total. The van der Waals surface area contributed by atoms with Crippen LogP contribution in [-0.2, 0) is 9.53 Å². The molecule has 1 N–H and O–H groups in total. The lowest BCUT2D eigenvalue weighted by Crippen LogP contribution is -2.33. The van der Waals surface area contributed by atoms with Crippen molar-refractivity contribution in [3.05, 3.63) is 59.8 Å². The number of ether oxygens (including phenoxy) is 2. The number of esters is 1. The molecule has 0 bridgehead atoms. The third kappa shape index (κ3) is 5.70. The molecule has 1 fully saturated rings. The van der Waals surface area contributed by atoms with Crippen LogP contribution in [0.15, 0.2) is 48.7 Å². The van der Waals surface area contributed by atoms with Gasteiger partial charge in [-0.25, -0.2) is 9.78 Å². The van der Waals surface area contributed by atoms with Crippen LogP contribution >= 0.6 is 0 Å². The first-order valence-electron chi connectivity index (χ1n) is 8.54. The maximum absolute atomic E-state index is 12.5. The van der Waals surface area contributed by atoms with E-state index in [9.17, 15) is 22.8 Å². The van der Waals surface area contributed by atoms with Crippen LogP contribution in [-0.4, -0.2) is 35.7 Å². The minimum absolute atomic E-state index is 0.0143. The number of rotatable bonds is 7. The fourth-order valence-corrected chi connectivity index (χ4v) is 2.32. The number of carbonyl (C=O) groups is 2. The van der Waals surface area contributed by atoms with Gasteiger partial charge in [0.25, 0.3) is 5.91 Å². The largest absolute Gasteiger partial charge is 0.468 e. The number of nitrogens with zero attached hydrogens (tertiary/aromatic N) is 1. The highest BCUT2D eigenvalue weighted by Crippen LogP contribution is 2.24. The van der Waals surface area contributed by atoms with E-state index < -0.39 is 30.8 Å². The number of hydrogen-bond donors (Lipinski definition) is 1. The van der Waals surface area contributed by atoms with Crippen molar-refractivity contribution >= 4 is 11.9 Å². The quantitative estimate of drug-likeness (QED) is 0.730. The summed E-state index contributed by atoms with van der Waals surface area (Å²) in [6, 6.07) is 11.0. The minimum atomic E-state index is -4.49. The number of hydrogen-bond acceptors (Lipinski definition) is 5. The van der Waals surface area contributed by atoms with Crippen LogP contribution in [0.3, 0.4) is 0 Å². The van der Waals surface area contributed by atoms with E-state index >= 15 is 0 Å². The zero-order valence-corrected chi connectivity index (χ0v) is 14.6. The van der Waals surface area contributed by atoms with Crippen molar-refractivity contribution in [1.82, 2.24) is 10.3 Å². The molecule has 1 aromatic heterocycles. The summed E-state index contributed by atoms with van der Waals surface area (Å²) in [5.74, 6) is -1.53. The Morgan fingerprint density at radius 2 is 1.86 bits per heavy atom. The number of benzene rings is 1. The van der Waals surface area contributed by atoms with Crippen molar-refractivity contribution in [1.29, 1.82) is 0 Å². The van der Waals surface area contributed by atoms with Gasteiger partial charge in [0, 0.05) is 23.9 Å². The summed E-state index contributed by atoms with van der Waals surface area (Å²) in [4.78, 5) is 28.5. The van der Waals surface area contributed by atoms with E-state index in [4.69, 9.17) is 4.74 Å². The molecule has 0 saturated heterocycles. The van der Waals surface area contributed by atoms with Gasteiger partial charge in [0.05, 0.1) is 5.56 Å². The van der Waals surface area contributed by atoms with Crippen molar-refractivity contribution in [2.24, 2.45) is 0 Å². The zero-order chi connectivity index (χ0) is 20.1. The summed E-state index contributed by atoms with van der Waals surface area (Å²) in [5.41, 5.74) is 0.492. The molecule has 1 aliphatic carbocycles. The normalized spacial score (nSPS) is 14.8. The van der Waals surface area contributed by atoms with Gasteiger partial charge in [-0.15, -0.1) is 0 Å². The summed E-state index contributed by atoms with van der Waals surface area (Å²) < 4.78 is 46.3. The lowest BCUT2D eigenvalue weighted by molar-refractivity contribution is -0.154. The van der Waals surface area contributed by atoms with Crippen LogP contribution < -0.4 is 10.1 Å². The van der Waals surface area contributed by atoms with Crippen LogP contribution in [0, 0.1) is 0 Å². The van der Waals surface area contributed by atoms with Gasteiger partial charge in [-0.05, 0) is 18.9 Å². The van der Waals surface area contributed by atoms with E-state index in [-0.39, 0.29) is 17.5 Å². The van der Waals surface area contributed by atoms with Gasteiger partial charge in [0.15, 0.2) is 6.61 Å². The fourth-order valence-electron chi connectivity index (χ4n) is 2.32. The Balaban J connectivity index is 1.68. The van der Waals surface area contributed by atoms with Gasteiger partial charge < -0.3 is 14.8 Å². The van der Waals surface area contributed by atoms with E-state index in [0.717, 1.165) is 25.1 Å². The molecule has 1 aromatic carbocycles. The second-order valence-corrected chi connectivity index (χ2v) is 6.27. The number of nitrogens with one attached hydrogen (secondary N) is 1. The van der Waals surface area contributed by atoms with Crippen molar-refractivity contribution < 1.29 is 32.2 Å². The highest BCUT2D eigenvalue weighted by molar-refractivity contribution is 5.92. The molecule has 1 amide bonds. The van der Waals surface area contributed by atoms with E-state index in [1.165, 1.54) is 6.07 Å². The summed E-state index contributed by atoms with van der Waals surface area (Å²) >= 11 is 0. The predicted molar refractivity (Wildman–Crippen MR) is 91.6 cm³/mol. The monoisotopic (exact) mass is 394 g/mol. The Hall–Kier alpha value is -3.10. The van der Waals surface area contributed by atoms with Crippen LogP contribution in [0.5, 0.6) is 5.88 Å². The SMILES string of the molecule is O=C(O[C@@H](C(=O)NC1CC1)c1ccccc1)c1ccc(OCC(F)(F)F)nc1. The number of alkyl halides is 3. The van der Waals surface area contributed by atoms with Crippen LogP contribution in [0.2, 0.25) is 0 Å². The Kier molecular flexibility index (Phi) is 5.81. The van der Waals surface area contributed by atoms with Crippen molar-refractivity contribution in [2.75, 3.05) is 6.61 Å². The molecule has 9 heteroatoms. The molecular weight excluding hydrogens is 377 g/mol. The summed E-state index contributed by atoms with van der Waals surface area (Å²) in [5, 5.41) is 2.79. The Morgan fingerprint density at radius 3 is 2.43 bits per heavy atom. The Bertz CT molecular complexity index is 821. The second-order valence-electron chi connectivity index (χ2n) is 6.27. The van der Waals surface area contributed by atoms with Gasteiger partial charge in [-0.2, -0.15) is 13.2 Å². The van der Waals surface area contributed by atoms with Crippen LogP contribution in [0.25, 0.3) is 0 Å². The van der Waals surface area contributed by atoms with Gasteiger partial charge in [0.1, 0.15) is 0 Å². The highest BCUT2D eigenvalue weighted by Gasteiger charge is 2.31. The number of pyridine rings is 1. The minimum Gasteiger partial charge on any atom is -0.468 e. The lowest BCUT2D eigenvalue weighted by atomic mass is 10.1. The standard InChI is InChI=1S/C19H17F3N2O4/c20-19(21,22)11-27-15-9-6-13(10-23-15)18(26)28-16(12-4-2-1-3-5-12)17(25)24-14-7-8-14/h1-6,9-10,14,16H,7-8,11H2,(H,24,25)/t16-/m1/s1. The van der Waals surface area contributed by atoms with Crippen molar-refractivity contribution in [2.45, 2.75) is 31.2 Å². The average molecular weight is 394 g/mol. The summed E-state index contributed by atoms with van der Waals surface area (Å²) in [6.45, 7) is -1.48. The van der Waals surface area contributed by atoms with Crippen molar-refractivity contribution in [3.8, 4) is 5.88 Å². The first-order valence-corrected chi connectivity index (χ1v) is 8.54. The maximum atomic E-state index is 12.5. The third-order valence-corrected chi connectivity index (χ3v) is 3.84. The zero-order valence-electron chi connectivity index (χ0n) is 14.6. The molecular formula is C19H17F3N2O4. The van der Waals surface area contributed by atoms with Gasteiger partial charge in [-0.1, -0.05) is 30.3 Å². The second kappa shape index (κ2) is 8.28. The molecule has 0 unspecified atom stereocenters. The molecule has 148 valence electrons. The molecule has 0 aliphatic heterocycles. The molecule has 0 spiro atoms. The predicted octanol–water partition coefficient (Wildman–Crippen LogP) is 3.20. The highest BCUT2D eigenvalue weighted by atomic mass is 19.4. The van der Waals surface area contributed by atoms with Crippen molar-refractivity contribution in [3.63, 3.8) is 0 Å². The first-order chi connectivity index (χ1) is 13.3. The summed E-state index contributed by atoms with van der Waals surface area (Å²) in [7, 11) is 0. The number of amides is 1. The Morgan fingerprint density at radius 1 is 1.14 bits per heavy atom. The van der Waals surface area contributed by atoms with Crippen LogP contribution in [0.1, 0.15) is 34.9 Å². The lowest BCUT2D eigenvalue weighted by Gasteiger charge is -2.18. The molecule has 1 heterocycles. The van der Waals surface area contributed by atoms with Gasteiger partial charge in [-0.3, -0.25) is 4.79 Å². The van der Waals surface area contributed by atoms with Crippen LogP contribution in [0.4, 0.5) is 13.2 Å². The average Bonchev–Trinajstić information content (AvgIpc) is 3.48. The molecule has 2 aromatic rings. The molecule has 0 radical (unpaired) electrons.